The lowest BCUT2D eigenvalue weighted by atomic mass is 10.0. The van der Waals surface area contributed by atoms with Crippen molar-refractivity contribution >= 4 is 64.7 Å². The average Bonchev–Trinajstić information content (AvgIpc) is 2.97. The average molecular weight is 843 g/mol. The number of rotatable bonds is 8. The van der Waals surface area contributed by atoms with Gasteiger partial charge in [0.15, 0.2) is 0 Å². The fourth-order valence-corrected chi connectivity index (χ4v) is 4.28. The number of phenols is 1. The van der Waals surface area contributed by atoms with E-state index in [1.165, 1.54) is 11.1 Å². The van der Waals surface area contributed by atoms with Gasteiger partial charge in [0.1, 0.15) is 29.2 Å². The van der Waals surface area contributed by atoms with Crippen molar-refractivity contribution in [3.8, 4) is 11.5 Å². The van der Waals surface area contributed by atoms with Crippen molar-refractivity contribution in [1.29, 1.82) is 0 Å². The normalized spacial score (nSPS) is 11.1. The van der Waals surface area contributed by atoms with Gasteiger partial charge in [0.25, 0.3) is 0 Å². The molecule has 0 aromatic heterocycles. The van der Waals surface area contributed by atoms with E-state index in [1.54, 1.807) is 26.0 Å². The zero-order valence-electron chi connectivity index (χ0n) is 23.8. The fourth-order valence-electron chi connectivity index (χ4n) is 3.51. The van der Waals surface area contributed by atoms with E-state index >= 15 is 0 Å². The van der Waals surface area contributed by atoms with E-state index in [0.29, 0.717) is 18.6 Å². The third kappa shape index (κ3) is 16.7. The number of alkyl halides is 1. The fraction of sp³-hybridized carbons (Fsp3) is 0.235. The van der Waals surface area contributed by atoms with E-state index in [-0.39, 0.29) is 22.5 Å². The molecule has 0 aliphatic carbocycles. The van der Waals surface area contributed by atoms with Gasteiger partial charge < -0.3 is 9.84 Å². The Bertz CT molecular complexity index is 1240. The number of Topliss-reactive ketones (excluding diaryl/α,β-unsaturated/α-hetero) is 2. The second-order valence-electron chi connectivity index (χ2n) is 9.36. The number of phenolic OH excluding ortho intramolecular Hbond substituents is 1. The molecule has 0 aliphatic heterocycles. The topological polar surface area (TPSA) is 63.6 Å². The van der Waals surface area contributed by atoms with Crippen LogP contribution in [-0.2, 0) is 9.59 Å². The van der Waals surface area contributed by atoms with Gasteiger partial charge in [0, 0.05) is 54.9 Å². The van der Waals surface area contributed by atoms with Crippen molar-refractivity contribution in [2.24, 2.45) is 0 Å². The van der Waals surface area contributed by atoms with E-state index in [2.05, 4.69) is 53.2 Å². The van der Waals surface area contributed by atoms with Crippen molar-refractivity contribution in [1.82, 2.24) is 0 Å². The number of carbonyl (C=O) groups excluding carboxylic acids is 2. The molecule has 1 N–H and O–H groups in total. The molecular formula is C34H37BrI2O4. The molecule has 2 unspecified atom stereocenters. The van der Waals surface area contributed by atoms with Crippen LogP contribution in [0.25, 0.3) is 0 Å². The Morgan fingerprint density at radius 1 is 0.683 bits per heavy atom. The monoisotopic (exact) mass is 842 g/mol. The summed E-state index contributed by atoms with van der Waals surface area (Å²) in [5.41, 5.74) is 4.55. The van der Waals surface area contributed by atoms with Crippen LogP contribution in [0.4, 0.5) is 0 Å². The Hall–Kier alpha value is -2.24. The maximum absolute atomic E-state index is 11.4. The first-order valence-electron chi connectivity index (χ1n) is 13.0. The summed E-state index contributed by atoms with van der Waals surface area (Å²) in [5, 5.41) is 8.76. The summed E-state index contributed by atoms with van der Waals surface area (Å²) in [5.74, 6) is 1.46. The van der Waals surface area contributed by atoms with Gasteiger partial charge in [-0.2, -0.15) is 0 Å². The smallest absolute Gasteiger partial charge is 0.133 e. The summed E-state index contributed by atoms with van der Waals surface area (Å²) >= 11 is 7.71. The number of hydrogen-bond acceptors (Lipinski definition) is 4. The molecule has 0 bridgehead atoms. The SMILES string of the molecule is CC(=O)CC(Br)c1ccccc1.CC(=O)CC(Oc1ccc(C)cc1)c1ccccc1.Cc1ccc(O)cc1.II. The minimum Gasteiger partial charge on any atom is -0.508 e. The Balaban J connectivity index is 0.000000326. The Kier molecular flexibility index (Phi) is 19.3. The number of hydrogen-bond donors (Lipinski definition) is 1. The highest BCUT2D eigenvalue weighted by molar-refractivity contribution is 15.0. The molecule has 0 aliphatic rings. The minimum absolute atomic E-state index is 0.126. The van der Waals surface area contributed by atoms with Crippen LogP contribution in [0.3, 0.4) is 0 Å². The van der Waals surface area contributed by atoms with Gasteiger partial charge in [0.05, 0.1) is 0 Å². The maximum Gasteiger partial charge on any atom is 0.133 e. The summed E-state index contributed by atoms with van der Waals surface area (Å²) < 4.78 is 5.95. The molecule has 0 spiro atoms. The molecule has 4 aromatic rings. The quantitative estimate of drug-likeness (QED) is 0.142. The van der Waals surface area contributed by atoms with E-state index in [4.69, 9.17) is 9.84 Å². The van der Waals surface area contributed by atoms with Crippen LogP contribution in [0.1, 0.15) is 59.9 Å². The second-order valence-corrected chi connectivity index (χ2v) is 10.5. The molecule has 0 heterocycles. The van der Waals surface area contributed by atoms with E-state index in [0.717, 1.165) is 16.9 Å². The number of halogens is 3. The number of benzene rings is 4. The molecule has 4 rings (SSSR count). The lowest BCUT2D eigenvalue weighted by Gasteiger charge is -2.18. The van der Waals surface area contributed by atoms with Crippen molar-refractivity contribution in [3.05, 3.63) is 131 Å². The number of ether oxygens (including phenoxy) is 1. The first kappa shape index (κ1) is 36.8. The third-order valence-electron chi connectivity index (χ3n) is 5.61. The van der Waals surface area contributed by atoms with Gasteiger partial charge in [-0.3, -0.25) is 9.59 Å². The summed E-state index contributed by atoms with van der Waals surface area (Å²) in [6.45, 7) is 7.22. The van der Waals surface area contributed by atoms with Gasteiger partial charge in [-0.1, -0.05) is 112 Å². The second kappa shape index (κ2) is 21.5. The zero-order chi connectivity index (χ0) is 30.6. The number of ketones is 2. The van der Waals surface area contributed by atoms with Crippen LogP contribution < -0.4 is 4.74 Å². The lowest BCUT2D eigenvalue weighted by molar-refractivity contribution is -0.119. The molecule has 0 radical (unpaired) electrons. The highest BCUT2D eigenvalue weighted by Crippen LogP contribution is 2.26. The molecular weight excluding hydrogens is 806 g/mol. The Morgan fingerprint density at radius 2 is 1.10 bits per heavy atom. The first-order chi connectivity index (χ1) is 19.6. The minimum atomic E-state index is -0.221. The van der Waals surface area contributed by atoms with Crippen LogP contribution >= 0.6 is 53.2 Å². The largest absolute Gasteiger partial charge is 0.508 e. The molecule has 218 valence electrons. The molecule has 0 saturated heterocycles. The standard InChI is InChI=1S/C17H18O2.C10H11BrO.C7H8O.I2/c1-13-8-10-16(11-9-13)19-17(12-14(2)18)15-6-4-3-5-7-15;1-8(12)7-10(11)9-5-3-2-4-6-9;1-6-2-4-7(8)5-3-6;1-2/h3-11,17H,12H2,1-2H3;2-6,10H,7H2,1H3;2-5,8H,1H3;. The summed E-state index contributed by atoms with van der Waals surface area (Å²) in [6, 6.07) is 34.8. The molecule has 2 atom stereocenters. The predicted molar refractivity (Wildman–Crippen MR) is 191 cm³/mol. The van der Waals surface area contributed by atoms with Gasteiger partial charge in [-0.15, -0.1) is 0 Å². The first-order valence-corrected chi connectivity index (χ1v) is 20.2. The van der Waals surface area contributed by atoms with Gasteiger partial charge in [0.2, 0.25) is 0 Å². The van der Waals surface area contributed by atoms with Crippen LogP contribution in [0.2, 0.25) is 0 Å². The molecule has 7 heteroatoms. The van der Waals surface area contributed by atoms with Crippen LogP contribution in [0.15, 0.2) is 109 Å². The van der Waals surface area contributed by atoms with Crippen molar-refractivity contribution < 1.29 is 19.4 Å². The van der Waals surface area contributed by atoms with Crippen molar-refractivity contribution in [3.63, 3.8) is 0 Å². The molecule has 4 aromatic carbocycles. The molecule has 0 amide bonds. The van der Waals surface area contributed by atoms with Gasteiger partial charge in [-0.05, 0) is 63.1 Å². The zero-order valence-corrected chi connectivity index (χ0v) is 29.7. The van der Waals surface area contributed by atoms with E-state index in [1.807, 2.05) is 111 Å². The highest BCUT2D eigenvalue weighted by Gasteiger charge is 2.15. The molecule has 4 nitrogen and oxygen atoms in total. The maximum atomic E-state index is 11.4. The van der Waals surface area contributed by atoms with Crippen molar-refractivity contribution in [2.45, 2.75) is 51.5 Å². The summed E-state index contributed by atoms with van der Waals surface area (Å²) in [7, 11) is 0. The summed E-state index contributed by atoms with van der Waals surface area (Å²) in [6.07, 6.45) is 0.725. The number of aromatic hydroxyl groups is 1. The molecule has 41 heavy (non-hydrogen) atoms. The molecule has 0 fully saturated rings. The van der Waals surface area contributed by atoms with Crippen molar-refractivity contribution in [2.75, 3.05) is 0 Å². The molecule has 0 saturated carbocycles. The number of carbonyl (C=O) groups is 2. The Morgan fingerprint density at radius 3 is 1.51 bits per heavy atom. The Labute approximate surface area is 276 Å². The highest BCUT2D eigenvalue weighted by atomic mass is 128. The van der Waals surface area contributed by atoms with Crippen LogP contribution in [0, 0.1) is 13.8 Å². The van der Waals surface area contributed by atoms with Crippen LogP contribution in [0.5, 0.6) is 11.5 Å². The number of aryl methyl sites for hydroxylation is 2. The van der Waals surface area contributed by atoms with Crippen LogP contribution in [-0.4, -0.2) is 16.7 Å². The van der Waals surface area contributed by atoms with E-state index < -0.39 is 0 Å². The van der Waals surface area contributed by atoms with Gasteiger partial charge >= 0.3 is 0 Å². The van der Waals surface area contributed by atoms with Gasteiger partial charge in [-0.25, -0.2) is 0 Å². The predicted octanol–water partition coefficient (Wildman–Crippen LogP) is 10.7. The third-order valence-corrected chi connectivity index (χ3v) is 6.46. The van der Waals surface area contributed by atoms with E-state index in [9.17, 15) is 9.59 Å². The lowest BCUT2D eigenvalue weighted by Crippen LogP contribution is -2.11. The summed E-state index contributed by atoms with van der Waals surface area (Å²) in [4.78, 5) is 22.4.